The van der Waals surface area contributed by atoms with Crippen LogP contribution in [0.5, 0.6) is 5.75 Å². The molecule has 0 aliphatic carbocycles. The van der Waals surface area contributed by atoms with Crippen molar-refractivity contribution in [3.63, 3.8) is 0 Å². The molecule has 76 valence electrons. The maximum absolute atomic E-state index is 10.4. The number of hydrogen-bond donors (Lipinski definition) is 3. The third-order valence-electron chi connectivity index (χ3n) is 1.79. The van der Waals surface area contributed by atoms with Crippen molar-refractivity contribution in [2.24, 2.45) is 5.73 Å². The summed E-state index contributed by atoms with van der Waals surface area (Å²) >= 11 is 3.13. The zero-order chi connectivity index (χ0) is 10.7. The molecule has 4 N–H and O–H groups in total. The van der Waals surface area contributed by atoms with E-state index in [1.165, 1.54) is 6.07 Å². The number of carbonyl (C=O) groups is 1. The number of hydrogen-bond acceptors (Lipinski definition) is 3. The SMILES string of the molecule is NC(CC(=O)O)c1ccc(O)c(Br)c1. The number of rotatable bonds is 3. The van der Waals surface area contributed by atoms with E-state index in [0.29, 0.717) is 10.0 Å². The Morgan fingerprint density at radius 3 is 2.71 bits per heavy atom. The number of halogens is 1. The van der Waals surface area contributed by atoms with Gasteiger partial charge >= 0.3 is 5.97 Å². The maximum atomic E-state index is 10.4. The fourth-order valence-electron chi connectivity index (χ4n) is 1.06. The Morgan fingerprint density at radius 2 is 2.21 bits per heavy atom. The number of aliphatic carboxylic acids is 1. The zero-order valence-electron chi connectivity index (χ0n) is 7.27. The summed E-state index contributed by atoms with van der Waals surface area (Å²) < 4.78 is 0.510. The van der Waals surface area contributed by atoms with Gasteiger partial charge in [0.05, 0.1) is 10.9 Å². The Balaban J connectivity index is 2.85. The van der Waals surface area contributed by atoms with E-state index in [0.717, 1.165) is 0 Å². The molecule has 1 aromatic carbocycles. The van der Waals surface area contributed by atoms with Crippen molar-refractivity contribution in [2.75, 3.05) is 0 Å². The van der Waals surface area contributed by atoms with E-state index in [1.54, 1.807) is 12.1 Å². The maximum Gasteiger partial charge on any atom is 0.305 e. The lowest BCUT2D eigenvalue weighted by Crippen LogP contribution is -2.14. The topological polar surface area (TPSA) is 83.6 Å². The molecule has 1 atom stereocenters. The number of benzene rings is 1. The molecule has 14 heavy (non-hydrogen) atoms. The Kier molecular flexibility index (Phi) is 3.49. The van der Waals surface area contributed by atoms with Crippen LogP contribution in [-0.2, 0) is 4.79 Å². The van der Waals surface area contributed by atoms with Crippen molar-refractivity contribution in [3.05, 3.63) is 28.2 Å². The summed E-state index contributed by atoms with van der Waals surface area (Å²) in [5.74, 6) is -0.835. The molecular weight excluding hydrogens is 250 g/mol. The van der Waals surface area contributed by atoms with E-state index in [1.807, 2.05) is 0 Å². The lowest BCUT2D eigenvalue weighted by molar-refractivity contribution is -0.137. The number of phenolic OH excluding ortho intramolecular Hbond substituents is 1. The molecule has 4 nitrogen and oxygen atoms in total. The fourth-order valence-corrected chi connectivity index (χ4v) is 1.46. The van der Waals surface area contributed by atoms with Crippen LogP contribution < -0.4 is 5.73 Å². The van der Waals surface area contributed by atoms with Crippen LogP contribution in [0.1, 0.15) is 18.0 Å². The number of carboxylic acid groups (broad SMARTS) is 1. The number of nitrogens with two attached hydrogens (primary N) is 1. The van der Waals surface area contributed by atoms with Crippen molar-refractivity contribution in [3.8, 4) is 5.75 Å². The predicted molar refractivity (Wildman–Crippen MR) is 55.0 cm³/mol. The average Bonchev–Trinajstić information content (AvgIpc) is 2.08. The van der Waals surface area contributed by atoms with Gasteiger partial charge in [0.25, 0.3) is 0 Å². The van der Waals surface area contributed by atoms with Crippen LogP contribution in [0.15, 0.2) is 22.7 Å². The van der Waals surface area contributed by atoms with E-state index in [9.17, 15) is 9.90 Å². The van der Waals surface area contributed by atoms with Gasteiger partial charge in [-0.15, -0.1) is 0 Å². The van der Waals surface area contributed by atoms with Gasteiger partial charge in [0.2, 0.25) is 0 Å². The normalized spacial score (nSPS) is 12.4. The summed E-state index contributed by atoms with van der Waals surface area (Å²) in [6.45, 7) is 0. The van der Waals surface area contributed by atoms with Crippen LogP contribution in [-0.4, -0.2) is 16.2 Å². The third-order valence-corrected chi connectivity index (χ3v) is 2.43. The van der Waals surface area contributed by atoms with Crippen molar-refractivity contribution < 1.29 is 15.0 Å². The quantitative estimate of drug-likeness (QED) is 0.771. The molecule has 0 saturated carbocycles. The fraction of sp³-hybridized carbons (Fsp3) is 0.222. The van der Waals surface area contributed by atoms with Gasteiger partial charge in [0.15, 0.2) is 0 Å². The van der Waals surface area contributed by atoms with E-state index >= 15 is 0 Å². The van der Waals surface area contributed by atoms with E-state index in [2.05, 4.69) is 15.9 Å². The number of carboxylic acids is 1. The van der Waals surface area contributed by atoms with E-state index in [4.69, 9.17) is 10.8 Å². The highest BCUT2D eigenvalue weighted by atomic mass is 79.9. The van der Waals surface area contributed by atoms with Crippen molar-refractivity contribution >= 4 is 21.9 Å². The molecule has 0 bridgehead atoms. The molecule has 0 spiro atoms. The molecule has 0 saturated heterocycles. The monoisotopic (exact) mass is 259 g/mol. The Morgan fingerprint density at radius 1 is 1.57 bits per heavy atom. The van der Waals surface area contributed by atoms with Gasteiger partial charge in [0.1, 0.15) is 5.75 Å². The molecule has 1 unspecified atom stereocenters. The molecular formula is C9H10BrNO3. The number of phenols is 1. The summed E-state index contributed by atoms with van der Waals surface area (Å²) in [4.78, 5) is 10.4. The summed E-state index contributed by atoms with van der Waals surface area (Å²) in [6, 6.07) is 4.14. The Bertz CT molecular complexity index is 354. The highest BCUT2D eigenvalue weighted by Gasteiger charge is 2.11. The minimum atomic E-state index is -0.943. The first-order valence-corrected chi connectivity index (χ1v) is 4.76. The van der Waals surface area contributed by atoms with Gasteiger partial charge in [-0.3, -0.25) is 4.79 Å². The lowest BCUT2D eigenvalue weighted by Gasteiger charge is -2.09. The van der Waals surface area contributed by atoms with Gasteiger partial charge < -0.3 is 15.9 Å². The first-order valence-electron chi connectivity index (χ1n) is 3.96. The van der Waals surface area contributed by atoms with Gasteiger partial charge in [-0.05, 0) is 33.6 Å². The summed E-state index contributed by atoms with van der Waals surface area (Å²) in [5.41, 5.74) is 6.31. The largest absolute Gasteiger partial charge is 0.507 e. The first-order chi connectivity index (χ1) is 6.50. The van der Waals surface area contributed by atoms with E-state index in [-0.39, 0.29) is 12.2 Å². The van der Waals surface area contributed by atoms with Gasteiger partial charge in [0, 0.05) is 6.04 Å². The highest BCUT2D eigenvalue weighted by molar-refractivity contribution is 9.10. The standard InChI is InChI=1S/C9H10BrNO3/c10-6-3-5(1-2-8(6)12)7(11)4-9(13)14/h1-3,7,12H,4,11H2,(H,13,14). The molecule has 0 fully saturated rings. The molecule has 0 heterocycles. The number of aromatic hydroxyl groups is 1. The molecule has 1 rings (SSSR count). The van der Waals surface area contributed by atoms with E-state index < -0.39 is 12.0 Å². The summed E-state index contributed by atoms with van der Waals surface area (Å²) in [5, 5.41) is 17.7. The Labute approximate surface area is 89.5 Å². The lowest BCUT2D eigenvalue weighted by atomic mass is 10.1. The highest BCUT2D eigenvalue weighted by Crippen LogP contribution is 2.27. The molecule has 0 radical (unpaired) electrons. The summed E-state index contributed by atoms with van der Waals surface area (Å²) in [7, 11) is 0. The van der Waals surface area contributed by atoms with Crippen LogP contribution in [0.3, 0.4) is 0 Å². The second-order valence-corrected chi connectivity index (χ2v) is 3.77. The second kappa shape index (κ2) is 4.43. The smallest absolute Gasteiger partial charge is 0.305 e. The Hall–Kier alpha value is -1.07. The van der Waals surface area contributed by atoms with Crippen LogP contribution in [0.25, 0.3) is 0 Å². The van der Waals surface area contributed by atoms with Gasteiger partial charge in [-0.1, -0.05) is 6.07 Å². The van der Waals surface area contributed by atoms with Crippen LogP contribution >= 0.6 is 15.9 Å². The average molecular weight is 260 g/mol. The molecule has 5 heteroatoms. The van der Waals surface area contributed by atoms with Crippen LogP contribution in [0.2, 0.25) is 0 Å². The minimum Gasteiger partial charge on any atom is -0.507 e. The van der Waals surface area contributed by atoms with Crippen molar-refractivity contribution in [1.82, 2.24) is 0 Å². The third kappa shape index (κ3) is 2.71. The van der Waals surface area contributed by atoms with Crippen LogP contribution in [0, 0.1) is 0 Å². The second-order valence-electron chi connectivity index (χ2n) is 2.92. The predicted octanol–water partition coefficient (Wildman–Crippen LogP) is 1.63. The van der Waals surface area contributed by atoms with Gasteiger partial charge in [-0.2, -0.15) is 0 Å². The van der Waals surface area contributed by atoms with Crippen molar-refractivity contribution in [2.45, 2.75) is 12.5 Å². The molecule has 1 aromatic rings. The first kappa shape index (κ1) is 11.0. The molecule has 0 aliphatic heterocycles. The van der Waals surface area contributed by atoms with Crippen molar-refractivity contribution in [1.29, 1.82) is 0 Å². The molecule has 0 aliphatic rings. The molecule has 0 aromatic heterocycles. The minimum absolute atomic E-state index is 0.108. The van der Waals surface area contributed by atoms with Gasteiger partial charge in [-0.25, -0.2) is 0 Å². The molecule has 0 amide bonds. The van der Waals surface area contributed by atoms with Crippen LogP contribution in [0.4, 0.5) is 0 Å². The zero-order valence-corrected chi connectivity index (χ0v) is 8.86. The summed E-state index contributed by atoms with van der Waals surface area (Å²) in [6.07, 6.45) is -0.128.